The Kier molecular flexibility index (Phi) is 5.03. The van der Waals surface area contributed by atoms with E-state index in [2.05, 4.69) is 5.32 Å². The summed E-state index contributed by atoms with van der Waals surface area (Å²) in [6.07, 6.45) is 0.795. The zero-order valence-corrected chi connectivity index (χ0v) is 13.4. The number of phenolic OH excluding ortho intramolecular Hbond substituents is 1. The van der Waals surface area contributed by atoms with Gasteiger partial charge in [0, 0.05) is 18.2 Å². The first-order valence-electron chi connectivity index (χ1n) is 7.77. The van der Waals surface area contributed by atoms with Crippen LogP contribution in [0.2, 0.25) is 0 Å². The summed E-state index contributed by atoms with van der Waals surface area (Å²) in [7, 11) is 0. The maximum atomic E-state index is 11.9. The second-order valence-electron chi connectivity index (χ2n) is 5.38. The molecule has 1 aliphatic heterocycles. The Labute approximate surface area is 144 Å². The number of fused-ring (bicyclic) bond motifs is 1. The van der Waals surface area contributed by atoms with Gasteiger partial charge in [0.1, 0.15) is 5.75 Å². The van der Waals surface area contributed by atoms with Crippen LogP contribution in [0.5, 0.6) is 17.2 Å². The number of nitrogens with one attached hydrogen (secondary N) is 1. The topological polar surface area (TPSA) is 94.1 Å². The average Bonchev–Trinajstić information content (AvgIpc) is 2.85. The smallest absolute Gasteiger partial charge is 0.338 e. The van der Waals surface area contributed by atoms with E-state index in [4.69, 9.17) is 14.2 Å². The molecule has 0 atom stereocenters. The molecule has 0 aliphatic carbocycles. The van der Waals surface area contributed by atoms with Gasteiger partial charge >= 0.3 is 5.97 Å². The third kappa shape index (κ3) is 4.41. The van der Waals surface area contributed by atoms with Crippen molar-refractivity contribution in [3.63, 3.8) is 0 Å². The maximum absolute atomic E-state index is 11.9. The summed E-state index contributed by atoms with van der Waals surface area (Å²) in [5.74, 6) is 0.129. The highest BCUT2D eigenvalue weighted by Crippen LogP contribution is 2.32. The van der Waals surface area contributed by atoms with Crippen LogP contribution in [0.3, 0.4) is 0 Å². The summed E-state index contributed by atoms with van der Waals surface area (Å²) >= 11 is 0. The van der Waals surface area contributed by atoms with Gasteiger partial charge in [-0.15, -0.1) is 0 Å². The van der Waals surface area contributed by atoms with E-state index in [1.54, 1.807) is 18.2 Å². The van der Waals surface area contributed by atoms with Gasteiger partial charge in [0.05, 0.1) is 18.8 Å². The van der Waals surface area contributed by atoms with Crippen LogP contribution in [0.25, 0.3) is 0 Å². The number of phenols is 1. The van der Waals surface area contributed by atoms with Crippen LogP contribution >= 0.6 is 0 Å². The largest absolute Gasteiger partial charge is 0.508 e. The molecule has 7 nitrogen and oxygen atoms in total. The molecule has 0 saturated carbocycles. The lowest BCUT2D eigenvalue weighted by Gasteiger charge is -2.10. The monoisotopic (exact) mass is 343 g/mol. The van der Waals surface area contributed by atoms with Crippen LogP contribution in [0.1, 0.15) is 16.8 Å². The van der Waals surface area contributed by atoms with Crippen LogP contribution < -0.4 is 14.8 Å². The summed E-state index contributed by atoms with van der Waals surface area (Å²) in [4.78, 5) is 23.8. The van der Waals surface area contributed by atoms with E-state index in [1.807, 2.05) is 0 Å². The van der Waals surface area contributed by atoms with E-state index in [-0.39, 0.29) is 11.3 Å². The quantitative estimate of drug-likeness (QED) is 0.828. The third-order valence-electron chi connectivity index (χ3n) is 3.47. The van der Waals surface area contributed by atoms with E-state index in [1.165, 1.54) is 24.3 Å². The van der Waals surface area contributed by atoms with Gasteiger partial charge in [-0.2, -0.15) is 0 Å². The molecular weight excluding hydrogens is 326 g/mol. The summed E-state index contributed by atoms with van der Waals surface area (Å²) in [6, 6.07) is 10.6. The maximum Gasteiger partial charge on any atom is 0.338 e. The molecule has 7 heteroatoms. The molecule has 2 aromatic rings. The minimum Gasteiger partial charge on any atom is -0.508 e. The van der Waals surface area contributed by atoms with Gasteiger partial charge in [0.2, 0.25) is 0 Å². The number of hydrogen-bond acceptors (Lipinski definition) is 6. The van der Waals surface area contributed by atoms with E-state index < -0.39 is 18.5 Å². The van der Waals surface area contributed by atoms with Gasteiger partial charge in [-0.05, 0) is 36.4 Å². The lowest BCUT2D eigenvalue weighted by molar-refractivity contribution is -0.119. The Balaban J connectivity index is 1.55. The second kappa shape index (κ2) is 7.57. The number of amides is 1. The first kappa shape index (κ1) is 16.6. The minimum atomic E-state index is -0.645. The Bertz CT molecular complexity index is 772. The van der Waals surface area contributed by atoms with Gasteiger partial charge in [-0.1, -0.05) is 0 Å². The van der Waals surface area contributed by atoms with Crippen LogP contribution in [0.15, 0.2) is 42.5 Å². The average molecular weight is 343 g/mol. The minimum absolute atomic E-state index is 0.0451. The number of carbonyl (C=O) groups excluding carboxylic acids is 2. The molecule has 3 rings (SSSR count). The molecule has 25 heavy (non-hydrogen) atoms. The van der Waals surface area contributed by atoms with Gasteiger partial charge in [0.15, 0.2) is 18.1 Å². The fourth-order valence-electron chi connectivity index (χ4n) is 2.25. The predicted molar refractivity (Wildman–Crippen MR) is 89.1 cm³/mol. The van der Waals surface area contributed by atoms with E-state index in [0.717, 1.165) is 6.42 Å². The van der Waals surface area contributed by atoms with Crippen LogP contribution in [0.4, 0.5) is 5.69 Å². The molecule has 0 bridgehead atoms. The molecule has 0 radical (unpaired) electrons. The number of ether oxygens (including phenoxy) is 3. The Hall–Kier alpha value is -3.22. The van der Waals surface area contributed by atoms with Crippen molar-refractivity contribution in [3.8, 4) is 17.2 Å². The molecule has 2 N–H and O–H groups in total. The molecule has 130 valence electrons. The van der Waals surface area contributed by atoms with E-state index in [9.17, 15) is 14.7 Å². The highest BCUT2D eigenvalue weighted by molar-refractivity contribution is 5.95. The highest BCUT2D eigenvalue weighted by Gasteiger charge is 2.13. The molecule has 1 amide bonds. The number of aromatic hydroxyl groups is 1. The summed E-state index contributed by atoms with van der Waals surface area (Å²) in [6.45, 7) is 0.717. The molecule has 0 saturated heterocycles. The number of benzene rings is 2. The summed E-state index contributed by atoms with van der Waals surface area (Å²) < 4.78 is 16.0. The summed E-state index contributed by atoms with van der Waals surface area (Å²) in [5.41, 5.74) is 0.774. The molecule has 0 aromatic heterocycles. The molecule has 1 heterocycles. The lowest BCUT2D eigenvalue weighted by Crippen LogP contribution is -2.20. The number of esters is 1. The van der Waals surface area contributed by atoms with Crippen molar-refractivity contribution in [2.45, 2.75) is 6.42 Å². The zero-order valence-electron chi connectivity index (χ0n) is 13.4. The van der Waals surface area contributed by atoms with Gasteiger partial charge in [-0.25, -0.2) is 4.79 Å². The standard InChI is InChI=1S/C18H17NO6/c20-14-5-2-12(3-6-14)18(22)25-11-17(21)19-13-4-7-15-16(10-13)24-9-1-8-23-15/h2-7,10,20H,1,8-9,11H2,(H,19,21). The van der Waals surface area contributed by atoms with Gasteiger partial charge in [-0.3, -0.25) is 4.79 Å². The van der Waals surface area contributed by atoms with Crippen molar-refractivity contribution in [2.24, 2.45) is 0 Å². The van der Waals surface area contributed by atoms with Crippen molar-refractivity contribution in [2.75, 3.05) is 25.1 Å². The predicted octanol–water partition coefficient (Wildman–Crippen LogP) is 2.35. The number of anilines is 1. The van der Waals surface area contributed by atoms with Crippen molar-refractivity contribution in [3.05, 3.63) is 48.0 Å². The lowest BCUT2D eigenvalue weighted by atomic mass is 10.2. The van der Waals surface area contributed by atoms with Crippen LogP contribution in [-0.2, 0) is 9.53 Å². The van der Waals surface area contributed by atoms with Crippen molar-refractivity contribution >= 4 is 17.6 Å². The first-order valence-corrected chi connectivity index (χ1v) is 7.77. The Morgan fingerprint density at radius 1 is 1.04 bits per heavy atom. The van der Waals surface area contributed by atoms with Crippen molar-refractivity contribution in [1.82, 2.24) is 0 Å². The normalized spacial score (nSPS) is 12.8. The zero-order chi connectivity index (χ0) is 17.6. The Morgan fingerprint density at radius 2 is 1.76 bits per heavy atom. The van der Waals surface area contributed by atoms with Crippen LogP contribution in [0, 0.1) is 0 Å². The third-order valence-corrected chi connectivity index (χ3v) is 3.47. The van der Waals surface area contributed by atoms with E-state index >= 15 is 0 Å². The number of hydrogen-bond donors (Lipinski definition) is 2. The van der Waals surface area contributed by atoms with E-state index in [0.29, 0.717) is 30.4 Å². The second-order valence-corrected chi connectivity index (χ2v) is 5.38. The highest BCUT2D eigenvalue weighted by atomic mass is 16.5. The molecule has 2 aromatic carbocycles. The Morgan fingerprint density at radius 3 is 2.52 bits per heavy atom. The van der Waals surface area contributed by atoms with Crippen molar-refractivity contribution in [1.29, 1.82) is 0 Å². The molecule has 1 aliphatic rings. The van der Waals surface area contributed by atoms with Gasteiger partial charge < -0.3 is 24.6 Å². The number of carbonyl (C=O) groups is 2. The fraction of sp³-hybridized carbons (Fsp3) is 0.222. The summed E-state index contributed by atoms with van der Waals surface area (Å²) in [5, 5.41) is 11.8. The molecular formula is C18H17NO6. The van der Waals surface area contributed by atoms with Crippen molar-refractivity contribution < 1.29 is 28.9 Å². The number of rotatable bonds is 4. The van der Waals surface area contributed by atoms with Gasteiger partial charge in [0.25, 0.3) is 5.91 Å². The van der Waals surface area contributed by atoms with Crippen LogP contribution in [-0.4, -0.2) is 36.8 Å². The molecule has 0 spiro atoms. The molecule has 0 unspecified atom stereocenters. The SMILES string of the molecule is O=C(COC(=O)c1ccc(O)cc1)Nc1ccc2c(c1)OCCCO2. The first-order chi connectivity index (χ1) is 12.1. The fourth-order valence-corrected chi connectivity index (χ4v) is 2.25. The molecule has 0 fully saturated rings.